The topological polar surface area (TPSA) is 107 Å². The van der Waals surface area contributed by atoms with Crippen LogP contribution in [0.25, 0.3) is 21.8 Å². The average molecular weight is 346 g/mol. The quantitative estimate of drug-likeness (QED) is 0.376. The van der Waals surface area contributed by atoms with Crippen LogP contribution in [-0.2, 0) is 0 Å². The third-order valence-corrected chi connectivity index (χ3v) is 3.82. The Morgan fingerprint density at radius 2 is 0.962 bits per heavy atom. The van der Waals surface area contributed by atoms with Crippen molar-refractivity contribution >= 4 is 47.0 Å². The zero-order valence-corrected chi connectivity index (χ0v) is 13.8. The number of rotatable bonds is 2. The van der Waals surface area contributed by atoms with Crippen LogP contribution in [-0.4, -0.2) is 44.3 Å². The first-order valence-electron chi connectivity index (χ1n) is 7.96. The fourth-order valence-electron chi connectivity index (χ4n) is 2.46. The van der Waals surface area contributed by atoms with Crippen molar-refractivity contribution in [3.63, 3.8) is 0 Å². The molecule has 2 aromatic heterocycles. The molecule has 0 aliphatic carbocycles. The van der Waals surface area contributed by atoms with E-state index in [1.807, 2.05) is 48.5 Å². The van der Waals surface area contributed by atoms with Gasteiger partial charge in [-0.15, -0.1) is 0 Å². The number of nitrogens with zero attached hydrogens (tertiary/aromatic N) is 2. The summed E-state index contributed by atoms with van der Waals surface area (Å²) in [6, 6.07) is 18.5. The maximum absolute atomic E-state index is 8.90. The highest BCUT2D eigenvalue weighted by atomic mass is 16.4. The van der Waals surface area contributed by atoms with Crippen molar-refractivity contribution in [1.29, 1.82) is 0 Å². The van der Waals surface area contributed by atoms with Crippen molar-refractivity contribution in [2.75, 3.05) is 0 Å². The summed E-state index contributed by atoms with van der Waals surface area (Å²) < 4.78 is 0. The first kappa shape index (κ1) is 18.0. The molecule has 0 amide bonds. The lowest BCUT2D eigenvalue weighted by atomic mass is 9.81. The van der Waals surface area contributed by atoms with E-state index in [2.05, 4.69) is 9.97 Å². The lowest BCUT2D eigenvalue weighted by Gasteiger charge is -2.00. The van der Waals surface area contributed by atoms with Crippen LogP contribution in [0.15, 0.2) is 73.1 Å². The summed E-state index contributed by atoms with van der Waals surface area (Å²) in [4.78, 5) is 8.16. The van der Waals surface area contributed by atoms with Gasteiger partial charge in [0.1, 0.15) is 0 Å². The van der Waals surface area contributed by atoms with Crippen LogP contribution >= 0.6 is 0 Å². The van der Waals surface area contributed by atoms with E-state index in [4.69, 9.17) is 20.1 Å². The average Bonchev–Trinajstić information content (AvgIpc) is 2.67. The minimum absolute atomic E-state index is 0.415. The highest BCUT2D eigenvalue weighted by Crippen LogP contribution is 2.08. The Morgan fingerprint density at radius 3 is 1.35 bits per heavy atom. The van der Waals surface area contributed by atoms with Crippen molar-refractivity contribution < 1.29 is 20.1 Å². The summed E-state index contributed by atoms with van der Waals surface area (Å²) in [5, 5.41) is 37.4. The van der Waals surface area contributed by atoms with Crippen LogP contribution in [0.2, 0.25) is 0 Å². The molecule has 0 bridgehead atoms. The molecule has 0 spiro atoms. The minimum atomic E-state index is -1.45. The molecule has 2 aromatic carbocycles. The maximum atomic E-state index is 8.90. The minimum Gasteiger partial charge on any atom is -0.423 e. The summed E-state index contributed by atoms with van der Waals surface area (Å²) in [6.07, 6.45) is 2.93. The van der Waals surface area contributed by atoms with E-state index in [1.165, 1.54) is 12.4 Å². The summed E-state index contributed by atoms with van der Waals surface area (Å²) in [7, 11) is -2.89. The van der Waals surface area contributed by atoms with Gasteiger partial charge >= 0.3 is 14.2 Å². The number of aromatic nitrogens is 2. The van der Waals surface area contributed by atoms with Crippen molar-refractivity contribution in [3.05, 3.63) is 73.1 Å². The predicted octanol–water partition coefficient (Wildman–Crippen LogP) is -0.171. The largest absolute Gasteiger partial charge is 0.490 e. The highest BCUT2D eigenvalue weighted by molar-refractivity contribution is 6.59. The van der Waals surface area contributed by atoms with Gasteiger partial charge in [0.05, 0.1) is 11.0 Å². The zero-order chi connectivity index (χ0) is 18.5. The normalized spacial score (nSPS) is 10.3. The Balaban J connectivity index is 0.000000151. The summed E-state index contributed by atoms with van der Waals surface area (Å²) in [6.45, 7) is 0. The highest BCUT2D eigenvalue weighted by Gasteiger charge is 2.11. The molecular weight excluding hydrogens is 330 g/mol. The van der Waals surface area contributed by atoms with Crippen molar-refractivity contribution in [1.82, 2.24) is 9.97 Å². The molecule has 0 atom stereocenters. The summed E-state index contributed by atoms with van der Waals surface area (Å²) in [5.74, 6) is 0. The van der Waals surface area contributed by atoms with E-state index in [1.54, 1.807) is 12.1 Å². The Bertz CT molecular complexity index is 945. The van der Waals surface area contributed by atoms with Crippen molar-refractivity contribution in [2.45, 2.75) is 0 Å². The van der Waals surface area contributed by atoms with Crippen LogP contribution in [0.1, 0.15) is 0 Å². The molecule has 0 saturated heterocycles. The SMILES string of the molecule is OB(O)c1cnc2ccccc2c1.OB(O)c1cnc2ccccc2c1. The second kappa shape index (κ2) is 8.07. The van der Waals surface area contributed by atoms with Gasteiger partial charge in [-0.1, -0.05) is 48.5 Å². The van der Waals surface area contributed by atoms with Crippen LogP contribution < -0.4 is 10.9 Å². The molecule has 2 heterocycles. The Kier molecular flexibility index (Phi) is 5.60. The van der Waals surface area contributed by atoms with Crippen molar-refractivity contribution in [2.24, 2.45) is 0 Å². The Morgan fingerprint density at radius 1 is 0.577 bits per heavy atom. The number of fused-ring (bicyclic) bond motifs is 2. The van der Waals surface area contributed by atoms with Crippen LogP contribution in [0.3, 0.4) is 0 Å². The maximum Gasteiger partial charge on any atom is 0.490 e. The van der Waals surface area contributed by atoms with E-state index < -0.39 is 14.2 Å². The lowest BCUT2D eigenvalue weighted by Crippen LogP contribution is -2.29. The molecule has 4 aromatic rings. The Hall–Kier alpha value is -2.77. The molecule has 4 rings (SSSR count). The number of para-hydroxylation sites is 2. The molecule has 6 nitrogen and oxygen atoms in total. The monoisotopic (exact) mass is 346 g/mol. The lowest BCUT2D eigenvalue weighted by molar-refractivity contribution is 0.424. The molecule has 8 heteroatoms. The Labute approximate surface area is 150 Å². The molecule has 4 N–H and O–H groups in total. The van der Waals surface area contributed by atoms with E-state index in [-0.39, 0.29) is 0 Å². The van der Waals surface area contributed by atoms with Gasteiger partial charge in [-0.2, -0.15) is 0 Å². The summed E-state index contributed by atoms with van der Waals surface area (Å²) in [5.41, 5.74) is 2.54. The van der Waals surface area contributed by atoms with Gasteiger partial charge in [0.25, 0.3) is 0 Å². The standard InChI is InChI=1S/2C9H8BNO2/c2*12-10(13)8-5-7-3-1-2-4-9(7)11-6-8/h2*1-6,12-13H. The number of pyridine rings is 2. The number of hydrogen-bond donors (Lipinski definition) is 4. The molecule has 0 aliphatic heterocycles. The van der Waals surface area contributed by atoms with E-state index >= 15 is 0 Å². The third-order valence-electron chi connectivity index (χ3n) is 3.82. The van der Waals surface area contributed by atoms with E-state index in [9.17, 15) is 0 Å². The second-order valence-corrected chi connectivity index (χ2v) is 5.67. The number of benzene rings is 2. The first-order valence-corrected chi connectivity index (χ1v) is 7.96. The van der Waals surface area contributed by atoms with Gasteiger partial charge in [-0.05, 0) is 22.9 Å². The molecule has 0 unspecified atom stereocenters. The van der Waals surface area contributed by atoms with E-state index in [0.29, 0.717) is 10.9 Å². The van der Waals surface area contributed by atoms with Gasteiger partial charge < -0.3 is 20.1 Å². The zero-order valence-electron chi connectivity index (χ0n) is 13.8. The van der Waals surface area contributed by atoms with Crippen LogP contribution in [0, 0.1) is 0 Å². The van der Waals surface area contributed by atoms with Gasteiger partial charge in [0, 0.05) is 23.3 Å². The molecule has 0 aliphatic rings. The second-order valence-electron chi connectivity index (χ2n) is 5.67. The van der Waals surface area contributed by atoms with Crippen LogP contribution in [0.5, 0.6) is 0 Å². The fourth-order valence-corrected chi connectivity index (χ4v) is 2.46. The van der Waals surface area contributed by atoms with Gasteiger partial charge in [-0.25, -0.2) is 0 Å². The van der Waals surface area contributed by atoms with Crippen molar-refractivity contribution in [3.8, 4) is 0 Å². The predicted molar refractivity (Wildman–Crippen MR) is 103 cm³/mol. The smallest absolute Gasteiger partial charge is 0.423 e. The van der Waals surface area contributed by atoms with Gasteiger partial charge in [-0.3, -0.25) is 9.97 Å². The van der Waals surface area contributed by atoms with Crippen LogP contribution in [0.4, 0.5) is 0 Å². The molecule has 26 heavy (non-hydrogen) atoms. The fraction of sp³-hybridized carbons (Fsp3) is 0. The molecule has 0 fully saturated rings. The molecule has 0 saturated carbocycles. The van der Waals surface area contributed by atoms with Gasteiger partial charge in [0.2, 0.25) is 0 Å². The number of hydrogen-bond acceptors (Lipinski definition) is 6. The first-order chi connectivity index (χ1) is 12.5. The summed E-state index contributed by atoms with van der Waals surface area (Å²) >= 11 is 0. The molecular formula is C18H16B2N2O4. The molecule has 128 valence electrons. The van der Waals surface area contributed by atoms with Gasteiger partial charge in [0.15, 0.2) is 0 Å². The third kappa shape index (κ3) is 4.25. The van der Waals surface area contributed by atoms with E-state index in [0.717, 1.165) is 21.8 Å². The molecule has 0 radical (unpaired) electrons.